The summed E-state index contributed by atoms with van der Waals surface area (Å²) in [6.45, 7) is 0.581. The first-order valence-electron chi connectivity index (χ1n) is 7.09. The molecule has 1 nitrogen and oxygen atoms in total. The average Bonchev–Trinajstić information content (AvgIpc) is 2.62. The molecule has 0 radical (unpaired) electrons. The van der Waals surface area contributed by atoms with Gasteiger partial charge >= 0.3 is 0 Å². The summed E-state index contributed by atoms with van der Waals surface area (Å²) in [5.74, 6) is -0.537. The maximum Gasteiger partial charge on any atom is 0.123 e. The van der Waals surface area contributed by atoms with Gasteiger partial charge in [0, 0.05) is 12.5 Å². The van der Waals surface area contributed by atoms with Crippen molar-refractivity contribution >= 4 is 11.8 Å². The van der Waals surface area contributed by atoms with Crippen molar-refractivity contribution in [2.75, 3.05) is 6.54 Å². The molecule has 1 aliphatic carbocycles. The van der Waals surface area contributed by atoms with Crippen LogP contribution < -0.4 is 4.84 Å². The van der Waals surface area contributed by atoms with E-state index < -0.39 is 0 Å². The summed E-state index contributed by atoms with van der Waals surface area (Å²) in [5, 5.41) is 0. The molecule has 2 aromatic rings. The van der Waals surface area contributed by atoms with Crippen molar-refractivity contribution in [2.45, 2.75) is 25.2 Å². The van der Waals surface area contributed by atoms with Crippen LogP contribution in [0.5, 0.6) is 0 Å². The number of nitrogens with one attached hydrogen (secondary N) is 1. The maximum absolute atomic E-state index is 13.7. The molecular weight excluding hydrogens is 292 g/mol. The highest BCUT2D eigenvalue weighted by Crippen LogP contribution is 2.37. The zero-order valence-electron chi connectivity index (χ0n) is 11.5. The fourth-order valence-corrected chi connectivity index (χ4v) is 3.29. The molecule has 0 atom stereocenters. The third-order valence-corrected chi connectivity index (χ3v) is 4.35. The number of fused-ring (bicyclic) bond motifs is 2. The molecule has 0 unspecified atom stereocenters. The van der Waals surface area contributed by atoms with Gasteiger partial charge in [-0.2, -0.15) is 0 Å². The summed E-state index contributed by atoms with van der Waals surface area (Å²) in [6.07, 6.45) is 2.40. The molecule has 0 amide bonds. The summed E-state index contributed by atoms with van der Waals surface area (Å²) in [5.41, 5.74) is 4.16. The van der Waals surface area contributed by atoms with Gasteiger partial charge in [-0.25, -0.2) is 13.6 Å². The smallest absolute Gasteiger partial charge is 0.123 e. The van der Waals surface area contributed by atoms with Gasteiger partial charge in [0.05, 0.1) is 0 Å². The second kappa shape index (κ2) is 6.12. The van der Waals surface area contributed by atoms with E-state index in [1.165, 1.54) is 12.1 Å². The first-order valence-corrected chi connectivity index (χ1v) is 7.47. The van der Waals surface area contributed by atoms with Gasteiger partial charge in [0.25, 0.3) is 0 Å². The Balaban J connectivity index is 2.13. The number of aryl methyl sites for hydroxylation is 2. The van der Waals surface area contributed by atoms with Crippen LogP contribution in [0.1, 0.15) is 34.6 Å². The molecule has 0 saturated heterocycles. The third-order valence-electron chi connectivity index (χ3n) is 4.16. The van der Waals surface area contributed by atoms with Crippen LogP contribution >= 0.6 is 11.8 Å². The molecule has 4 heteroatoms. The molecule has 0 aliphatic heterocycles. The van der Waals surface area contributed by atoms with E-state index in [9.17, 15) is 8.78 Å². The standard InChI is InChI=1S/C17H16ClF2N/c18-21-8-7-15-16-9-13(19)5-3-11(16)1-2-12-4-6-14(20)10-17(12)15/h3-6,9-10,15,21H,1-2,7-8H2. The molecule has 1 aliphatic rings. The van der Waals surface area contributed by atoms with Gasteiger partial charge in [0.15, 0.2) is 0 Å². The lowest BCUT2D eigenvalue weighted by atomic mass is 9.85. The van der Waals surface area contributed by atoms with Crippen molar-refractivity contribution in [1.82, 2.24) is 4.84 Å². The Bertz CT molecular complexity index is 604. The summed E-state index contributed by atoms with van der Waals surface area (Å²) >= 11 is 5.58. The van der Waals surface area contributed by atoms with Crippen LogP contribution in [0, 0.1) is 11.6 Å². The van der Waals surface area contributed by atoms with Gasteiger partial charge in [-0.15, -0.1) is 0 Å². The van der Waals surface area contributed by atoms with Crippen LogP contribution in [0.3, 0.4) is 0 Å². The van der Waals surface area contributed by atoms with Gasteiger partial charge in [-0.3, -0.25) is 0 Å². The predicted octanol–water partition coefficient (Wildman–Crippen LogP) is 4.33. The molecule has 0 bridgehead atoms. The van der Waals surface area contributed by atoms with Crippen LogP contribution in [0.4, 0.5) is 8.78 Å². The summed E-state index contributed by atoms with van der Waals surface area (Å²) in [7, 11) is 0. The molecule has 0 spiro atoms. The van der Waals surface area contributed by atoms with E-state index >= 15 is 0 Å². The van der Waals surface area contributed by atoms with E-state index in [4.69, 9.17) is 11.8 Å². The van der Waals surface area contributed by atoms with E-state index in [1.54, 1.807) is 12.1 Å². The van der Waals surface area contributed by atoms with Gasteiger partial charge in [-0.1, -0.05) is 12.1 Å². The van der Waals surface area contributed by atoms with E-state index in [-0.39, 0.29) is 17.6 Å². The Morgan fingerprint density at radius 3 is 1.95 bits per heavy atom. The number of hydrogen-bond donors (Lipinski definition) is 1. The maximum atomic E-state index is 13.7. The molecule has 110 valence electrons. The quantitative estimate of drug-likeness (QED) is 0.832. The lowest BCUT2D eigenvalue weighted by Crippen LogP contribution is -2.11. The molecule has 0 fully saturated rings. The van der Waals surface area contributed by atoms with Crippen molar-refractivity contribution < 1.29 is 8.78 Å². The second-order valence-corrected chi connectivity index (χ2v) is 5.68. The zero-order valence-corrected chi connectivity index (χ0v) is 12.3. The Morgan fingerprint density at radius 1 is 0.952 bits per heavy atom. The topological polar surface area (TPSA) is 12.0 Å². The second-order valence-electron chi connectivity index (χ2n) is 5.41. The Morgan fingerprint density at radius 2 is 1.48 bits per heavy atom. The van der Waals surface area contributed by atoms with E-state index in [1.807, 2.05) is 12.1 Å². The highest BCUT2D eigenvalue weighted by molar-refractivity contribution is 6.13. The molecule has 0 aromatic heterocycles. The van der Waals surface area contributed by atoms with E-state index in [0.29, 0.717) is 13.0 Å². The Kier molecular flexibility index (Phi) is 4.22. The van der Waals surface area contributed by atoms with Crippen molar-refractivity contribution in [3.63, 3.8) is 0 Å². The third kappa shape index (κ3) is 2.94. The Hall–Kier alpha value is -1.45. The average molecular weight is 308 g/mol. The first-order chi connectivity index (χ1) is 10.2. The molecule has 3 rings (SSSR count). The molecule has 0 saturated carbocycles. The molecule has 2 aromatic carbocycles. The molecule has 21 heavy (non-hydrogen) atoms. The largest absolute Gasteiger partial charge is 0.234 e. The SMILES string of the molecule is Fc1ccc2c(c1)C(CCNCl)c1cc(F)ccc1CC2. The van der Waals surface area contributed by atoms with Gasteiger partial charge < -0.3 is 0 Å². The van der Waals surface area contributed by atoms with Crippen LogP contribution in [-0.2, 0) is 12.8 Å². The van der Waals surface area contributed by atoms with Crippen molar-refractivity contribution in [1.29, 1.82) is 0 Å². The van der Waals surface area contributed by atoms with Crippen LogP contribution in [0.15, 0.2) is 36.4 Å². The minimum Gasteiger partial charge on any atom is -0.234 e. The van der Waals surface area contributed by atoms with Crippen molar-refractivity contribution in [3.05, 3.63) is 70.3 Å². The van der Waals surface area contributed by atoms with Gasteiger partial charge in [-0.05, 0) is 77.6 Å². The van der Waals surface area contributed by atoms with Crippen molar-refractivity contribution in [2.24, 2.45) is 0 Å². The highest BCUT2D eigenvalue weighted by Gasteiger charge is 2.24. The van der Waals surface area contributed by atoms with Crippen LogP contribution in [0.2, 0.25) is 0 Å². The van der Waals surface area contributed by atoms with Gasteiger partial charge in [0.1, 0.15) is 11.6 Å². The fourth-order valence-electron chi connectivity index (χ4n) is 3.18. The van der Waals surface area contributed by atoms with E-state index in [2.05, 4.69) is 4.84 Å². The molecule has 1 N–H and O–H groups in total. The fraction of sp³-hybridized carbons (Fsp3) is 0.294. The summed E-state index contributed by atoms with van der Waals surface area (Å²) in [6, 6.07) is 9.82. The van der Waals surface area contributed by atoms with Gasteiger partial charge in [0.2, 0.25) is 0 Å². The minimum atomic E-state index is -0.252. The number of benzene rings is 2. The number of hydrogen-bond acceptors (Lipinski definition) is 1. The summed E-state index contributed by atoms with van der Waals surface area (Å²) in [4.78, 5) is 2.61. The molecule has 0 heterocycles. The highest BCUT2D eigenvalue weighted by atomic mass is 35.5. The van der Waals surface area contributed by atoms with E-state index in [0.717, 1.165) is 35.1 Å². The normalized spacial score (nSPS) is 14.4. The number of rotatable bonds is 3. The number of halogens is 3. The lowest BCUT2D eigenvalue weighted by Gasteiger charge is -2.20. The van der Waals surface area contributed by atoms with Crippen LogP contribution in [0.25, 0.3) is 0 Å². The van der Waals surface area contributed by atoms with Crippen molar-refractivity contribution in [3.8, 4) is 0 Å². The minimum absolute atomic E-state index is 0.0323. The molecular formula is C17H16ClF2N. The zero-order chi connectivity index (χ0) is 14.8. The Labute approximate surface area is 128 Å². The first kappa shape index (κ1) is 14.5. The summed E-state index contributed by atoms with van der Waals surface area (Å²) < 4.78 is 27.3. The van der Waals surface area contributed by atoms with Crippen LogP contribution in [-0.4, -0.2) is 6.54 Å². The monoisotopic (exact) mass is 307 g/mol. The predicted molar refractivity (Wildman–Crippen MR) is 80.5 cm³/mol. The lowest BCUT2D eigenvalue weighted by molar-refractivity contribution is 0.611.